The van der Waals surface area contributed by atoms with Gasteiger partial charge < -0.3 is 25.2 Å². The number of ether oxygens (including phenoxy) is 1. The summed E-state index contributed by atoms with van der Waals surface area (Å²) in [4.78, 5) is 16.5. The summed E-state index contributed by atoms with van der Waals surface area (Å²) in [5.41, 5.74) is 3.96. The van der Waals surface area contributed by atoms with Crippen molar-refractivity contribution < 1.29 is 13.2 Å². The number of methoxy groups -OCH3 is 1. The highest BCUT2D eigenvalue weighted by Gasteiger charge is 2.31. The van der Waals surface area contributed by atoms with Gasteiger partial charge in [0, 0.05) is 68.1 Å². The molecule has 0 spiro atoms. The highest BCUT2D eigenvalue weighted by atomic mass is 79.9. The highest BCUT2D eigenvalue weighted by molar-refractivity contribution is 9.10. The molecule has 2 saturated heterocycles. The Balaban J connectivity index is 1.16. The van der Waals surface area contributed by atoms with Gasteiger partial charge in [0.2, 0.25) is 16.0 Å². The molecule has 2 N–H and O–H groups in total. The second kappa shape index (κ2) is 12.9. The van der Waals surface area contributed by atoms with E-state index in [0.29, 0.717) is 52.9 Å². The molecule has 0 amide bonds. The van der Waals surface area contributed by atoms with E-state index in [1.807, 2.05) is 18.2 Å². The van der Waals surface area contributed by atoms with Crippen molar-refractivity contribution in [3.05, 3.63) is 51.6 Å². The van der Waals surface area contributed by atoms with E-state index in [1.165, 1.54) is 16.8 Å². The van der Waals surface area contributed by atoms with Gasteiger partial charge in [-0.2, -0.15) is 4.98 Å². The van der Waals surface area contributed by atoms with Gasteiger partial charge in [-0.3, -0.25) is 9.21 Å². The van der Waals surface area contributed by atoms with Crippen LogP contribution < -0.4 is 24.6 Å². The van der Waals surface area contributed by atoms with Crippen molar-refractivity contribution in [3.8, 4) is 5.75 Å². The maximum Gasteiger partial charge on any atom is 0.232 e. The second-order valence-corrected chi connectivity index (χ2v) is 14.8. The zero-order valence-electron chi connectivity index (χ0n) is 25.2. The first-order valence-electron chi connectivity index (χ1n) is 14.8. The fourth-order valence-corrected chi connectivity index (χ4v) is 7.93. The minimum Gasteiger partial charge on any atom is -0.494 e. The van der Waals surface area contributed by atoms with Crippen molar-refractivity contribution in [2.24, 2.45) is 0 Å². The Bertz CT molecular complexity index is 1630. The minimum absolute atomic E-state index is 0.304. The molecule has 6 rings (SSSR count). The normalized spacial score (nSPS) is 18.4. The molecule has 2 aromatic carbocycles. The van der Waals surface area contributed by atoms with Crippen molar-refractivity contribution in [1.29, 1.82) is 0 Å². The lowest BCUT2D eigenvalue weighted by molar-refractivity contribution is 0.0982. The van der Waals surface area contributed by atoms with Gasteiger partial charge in [-0.25, -0.2) is 13.4 Å². The Morgan fingerprint density at radius 1 is 1.00 bits per heavy atom. The van der Waals surface area contributed by atoms with Crippen LogP contribution in [-0.4, -0.2) is 100 Å². The molecule has 1 aromatic heterocycles. The Labute approximate surface area is 272 Å². The van der Waals surface area contributed by atoms with E-state index in [2.05, 4.69) is 70.4 Å². The van der Waals surface area contributed by atoms with Crippen LogP contribution in [0.2, 0.25) is 5.02 Å². The molecule has 11 nitrogen and oxygen atoms in total. The number of aromatic nitrogens is 2. The number of hydrogen-bond acceptors (Lipinski definition) is 10. The zero-order valence-corrected chi connectivity index (χ0v) is 28.3. The molecule has 0 radical (unpaired) electrons. The topological polar surface area (TPSA) is 106 Å². The summed E-state index contributed by atoms with van der Waals surface area (Å²) in [5.74, 6) is 1.36. The van der Waals surface area contributed by atoms with E-state index in [1.54, 1.807) is 7.11 Å². The first-order valence-corrected chi connectivity index (χ1v) is 17.8. The number of benzene rings is 2. The summed E-state index contributed by atoms with van der Waals surface area (Å²) in [5, 5.41) is 6.81. The summed E-state index contributed by atoms with van der Waals surface area (Å²) < 4.78 is 33.1. The Kier molecular flexibility index (Phi) is 9.12. The van der Waals surface area contributed by atoms with Gasteiger partial charge in [0.05, 0.1) is 36.6 Å². The molecular weight excluding hydrogens is 668 g/mol. The van der Waals surface area contributed by atoms with Crippen LogP contribution in [0.3, 0.4) is 0 Å². The Hall–Kier alpha value is -2.84. The number of sulfonamides is 1. The third-order valence-corrected chi connectivity index (χ3v) is 10.9. The molecule has 0 unspecified atom stereocenters. The van der Waals surface area contributed by atoms with Gasteiger partial charge in [-0.15, -0.1) is 0 Å². The van der Waals surface area contributed by atoms with Crippen LogP contribution in [0.5, 0.6) is 5.75 Å². The number of fused-ring (bicyclic) bond motifs is 1. The molecule has 3 aliphatic rings. The van der Waals surface area contributed by atoms with E-state index < -0.39 is 10.0 Å². The fraction of sp³-hybridized carbons (Fsp3) is 0.467. The van der Waals surface area contributed by atoms with Crippen molar-refractivity contribution >= 4 is 72.1 Å². The number of halogens is 2. The smallest absolute Gasteiger partial charge is 0.232 e. The van der Waals surface area contributed by atoms with E-state index in [4.69, 9.17) is 16.3 Å². The number of nitrogens with zero attached hydrogens (tertiary/aromatic N) is 6. The van der Waals surface area contributed by atoms with Crippen LogP contribution in [0.1, 0.15) is 18.4 Å². The van der Waals surface area contributed by atoms with Crippen LogP contribution in [-0.2, 0) is 16.4 Å². The van der Waals surface area contributed by atoms with Gasteiger partial charge in [-0.1, -0.05) is 27.5 Å². The Morgan fingerprint density at radius 2 is 1.73 bits per heavy atom. The lowest BCUT2D eigenvalue weighted by Crippen LogP contribution is -2.52. The van der Waals surface area contributed by atoms with E-state index in [0.717, 1.165) is 73.5 Å². The quantitative estimate of drug-likeness (QED) is 0.336. The molecule has 0 atom stereocenters. The van der Waals surface area contributed by atoms with Gasteiger partial charge in [-0.05, 0) is 56.1 Å². The van der Waals surface area contributed by atoms with Crippen molar-refractivity contribution in [2.75, 3.05) is 86.1 Å². The SMILES string of the molecule is COc1cc(N2CCC(N3CCN(C)CC3)CC2)ccc1Nc1ncc(Cl)c(Nc2ccc(Br)c3c2N(S(C)(=O)=O)CC3)n1. The van der Waals surface area contributed by atoms with Gasteiger partial charge in [0.25, 0.3) is 0 Å². The van der Waals surface area contributed by atoms with Crippen LogP contribution in [0.15, 0.2) is 41.0 Å². The summed E-state index contributed by atoms with van der Waals surface area (Å²) in [7, 11) is 0.391. The number of hydrogen-bond donors (Lipinski definition) is 2. The number of rotatable bonds is 8. The number of nitrogens with one attached hydrogen (secondary N) is 2. The average molecular weight is 706 g/mol. The molecule has 0 aliphatic carbocycles. The molecule has 0 saturated carbocycles. The van der Waals surface area contributed by atoms with Gasteiger partial charge >= 0.3 is 0 Å². The lowest BCUT2D eigenvalue weighted by Gasteiger charge is -2.42. The fourth-order valence-electron chi connectivity index (χ4n) is 6.31. The summed E-state index contributed by atoms with van der Waals surface area (Å²) in [6.45, 7) is 7.01. The lowest BCUT2D eigenvalue weighted by atomic mass is 10.0. The maximum atomic E-state index is 12.5. The molecular formula is C30H38BrClN8O3S. The molecule has 236 valence electrons. The van der Waals surface area contributed by atoms with E-state index in [9.17, 15) is 8.42 Å². The Morgan fingerprint density at radius 3 is 2.43 bits per heavy atom. The standard InChI is InChI=1S/C30H38BrClN8O3S/c1-37-14-16-39(17-15-37)20-8-11-38(12-9-20)21-4-6-25(27(18-21)43-2)35-30-33-19-24(32)29(36-30)34-26-7-5-23(31)22-10-13-40(28(22)26)44(3,41)42/h4-7,18-20H,8-17H2,1-3H3,(H2,33,34,35,36). The maximum absolute atomic E-state index is 12.5. The third-order valence-electron chi connectivity index (χ3n) is 8.75. The third kappa shape index (κ3) is 6.57. The summed E-state index contributed by atoms with van der Waals surface area (Å²) in [6, 6.07) is 10.5. The van der Waals surface area contributed by atoms with Gasteiger partial charge in [0.15, 0.2) is 5.82 Å². The predicted octanol–water partition coefficient (Wildman–Crippen LogP) is 4.93. The molecule has 14 heteroatoms. The molecule has 2 fully saturated rings. The summed E-state index contributed by atoms with van der Waals surface area (Å²) >= 11 is 10.1. The number of piperidine rings is 1. The minimum atomic E-state index is -3.46. The summed E-state index contributed by atoms with van der Waals surface area (Å²) in [6.07, 6.45) is 5.64. The largest absolute Gasteiger partial charge is 0.494 e. The molecule has 44 heavy (non-hydrogen) atoms. The first kappa shape index (κ1) is 31.2. The van der Waals surface area contributed by atoms with E-state index in [-0.39, 0.29) is 0 Å². The number of anilines is 6. The first-order chi connectivity index (χ1) is 21.1. The van der Waals surface area contributed by atoms with Crippen molar-refractivity contribution in [3.63, 3.8) is 0 Å². The zero-order chi connectivity index (χ0) is 31.0. The van der Waals surface area contributed by atoms with Crippen LogP contribution >= 0.6 is 27.5 Å². The van der Waals surface area contributed by atoms with Crippen LogP contribution in [0.25, 0.3) is 0 Å². The van der Waals surface area contributed by atoms with Crippen molar-refractivity contribution in [2.45, 2.75) is 25.3 Å². The predicted molar refractivity (Wildman–Crippen MR) is 181 cm³/mol. The van der Waals surface area contributed by atoms with Crippen molar-refractivity contribution in [1.82, 2.24) is 19.8 Å². The van der Waals surface area contributed by atoms with Crippen LogP contribution in [0, 0.1) is 0 Å². The number of likely N-dealkylation sites (N-methyl/N-ethyl adjacent to an activating group) is 1. The second-order valence-electron chi connectivity index (χ2n) is 11.6. The molecule has 3 aliphatic heterocycles. The molecule has 0 bridgehead atoms. The van der Waals surface area contributed by atoms with Crippen LogP contribution in [0.4, 0.5) is 34.5 Å². The van der Waals surface area contributed by atoms with Gasteiger partial charge in [0.1, 0.15) is 10.8 Å². The number of piperazine rings is 1. The molecule has 3 aromatic rings. The monoisotopic (exact) mass is 704 g/mol. The van der Waals surface area contributed by atoms with E-state index >= 15 is 0 Å². The average Bonchev–Trinajstić information content (AvgIpc) is 3.48. The molecule has 4 heterocycles. The highest BCUT2D eigenvalue weighted by Crippen LogP contribution is 2.43.